The fourth-order valence-corrected chi connectivity index (χ4v) is 2.20. The van der Waals surface area contributed by atoms with Crippen molar-refractivity contribution in [1.82, 2.24) is 0 Å². The summed E-state index contributed by atoms with van der Waals surface area (Å²) < 4.78 is 0. The van der Waals surface area contributed by atoms with Gasteiger partial charge in [-0.2, -0.15) is 10.5 Å². The number of hydrogen-bond acceptors (Lipinski definition) is 4. The predicted octanol–water partition coefficient (Wildman–Crippen LogP) is 4.45. The Bertz CT molecular complexity index is 906. The van der Waals surface area contributed by atoms with Crippen LogP contribution in [0.1, 0.15) is 16.7 Å². The van der Waals surface area contributed by atoms with Gasteiger partial charge in [0.15, 0.2) is 0 Å². The summed E-state index contributed by atoms with van der Waals surface area (Å²) in [4.78, 5) is 4.38. The van der Waals surface area contributed by atoms with Crippen LogP contribution in [0.2, 0.25) is 5.02 Å². The van der Waals surface area contributed by atoms with Gasteiger partial charge in [-0.25, -0.2) is 4.99 Å². The lowest BCUT2D eigenvalue weighted by Gasteiger charge is -2.04. The normalized spacial score (nSPS) is 10.3. The molecule has 0 heterocycles. The number of aliphatic imine (C=N–C) groups is 1. The Hall–Kier alpha value is -3.17. The Kier molecular flexibility index (Phi) is 5.07. The first-order valence-electron chi connectivity index (χ1n) is 6.64. The van der Waals surface area contributed by atoms with Crippen LogP contribution in [0, 0.1) is 35.0 Å². The van der Waals surface area contributed by atoms with Gasteiger partial charge in [0.05, 0.1) is 5.69 Å². The third-order valence-corrected chi connectivity index (χ3v) is 3.42. The molecule has 2 rings (SSSR count). The summed E-state index contributed by atoms with van der Waals surface area (Å²) in [6.45, 7) is 1.87. The molecular weight excluding hydrogens is 308 g/mol. The van der Waals surface area contributed by atoms with Gasteiger partial charge < -0.3 is 0 Å². The smallest absolute Gasteiger partial charge is 0.148 e. The first-order chi connectivity index (χ1) is 11.1. The molecule has 0 unspecified atom stereocenters. The number of nitrogens with zero attached hydrogens (tertiary/aromatic N) is 3. The number of benzene rings is 2. The van der Waals surface area contributed by atoms with Crippen molar-refractivity contribution in [3.8, 4) is 12.1 Å². The first kappa shape index (κ1) is 16.2. The fraction of sp³-hybridized carbons (Fsp3) is 0.0556. The molecule has 0 bridgehead atoms. The number of nitrogens with one attached hydrogen (secondary N) is 1. The van der Waals surface area contributed by atoms with E-state index < -0.39 is 0 Å². The number of aryl methyl sites for hydroxylation is 1. The topological polar surface area (TPSA) is 83.8 Å². The van der Waals surface area contributed by atoms with Gasteiger partial charge in [0, 0.05) is 16.1 Å². The molecule has 0 radical (unpaired) electrons. The van der Waals surface area contributed by atoms with E-state index in [0.717, 1.165) is 5.56 Å². The molecule has 0 saturated carbocycles. The second-order valence-electron chi connectivity index (χ2n) is 4.69. The van der Waals surface area contributed by atoms with Crippen LogP contribution in [0.5, 0.6) is 0 Å². The van der Waals surface area contributed by atoms with Crippen LogP contribution in [0.15, 0.2) is 47.5 Å². The van der Waals surface area contributed by atoms with Crippen LogP contribution < -0.4 is 0 Å². The van der Waals surface area contributed by atoms with Gasteiger partial charge in [-0.15, -0.1) is 0 Å². The van der Waals surface area contributed by atoms with E-state index in [1.54, 1.807) is 42.5 Å². The van der Waals surface area contributed by atoms with Crippen LogP contribution in [-0.4, -0.2) is 11.6 Å². The van der Waals surface area contributed by atoms with Crippen molar-refractivity contribution in [3.05, 3.63) is 64.2 Å². The average Bonchev–Trinajstić information content (AvgIpc) is 2.56. The van der Waals surface area contributed by atoms with Crippen LogP contribution in [-0.2, 0) is 0 Å². The molecule has 0 aromatic heterocycles. The molecule has 0 aliphatic rings. The highest BCUT2D eigenvalue weighted by Gasteiger charge is 2.07. The van der Waals surface area contributed by atoms with Crippen molar-refractivity contribution >= 4 is 34.4 Å². The number of hydrogen-bond donors (Lipinski definition) is 1. The zero-order valence-electron chi connectivity index (χ0n) is 12.3. The minimum Gasteiger partial charge on any atom is -0.258 e. The standard InChI is InChI=1S/C18H11ClN4/c1-12-8-16(19)6-7-17(12)23-18(11-22)14-4-2-13(3-5-14)15(9-20)10-21/h2-8,20H,1H3. The highest BCUT2D eigenvalue weighted by molar-refractivity contribution is 6.30. The highest BCUT2D eigenvalue weighted by atomic mass is 35.5. The number of nitriles is 2. The second-order valence-corrected chi connectivity index (χ2v) is 5.13. The number of allylic oxidation sites excluding steroid dienone is 1. The lowest BCUT2D eigenvalue weighted by Crippen LogP contribution is -1.97. The molecule has 0 amide bonds. The van der Waals surface area contributed by atoms with Crippen LogP contribution in [0.4, 0.5) is 5.69 Å². The van der Waals surface area contributed by atoms with Gasteiger partial charge in [-0.1, -0.05) is 35.9 Å². The Labute approximate surface area is 139 Å². The molecule has 2 aromatic carbocycles. The lowest BCUT2D eigenvalue weighted by atomic mass is 10.0. The highest BCUT2D eigenvalue weighted by Crippen LogP contribution is 2.23. The molecule has 4 nitrogen and oxygen atoms in total. The quantitative estimate of drug-likeness (QED) is 0.669. The van der Waals surface area contributed by atoms with E-state index >= 15 is 0 Å². The number of halogens is 1. The molecule has 110 valence electrons. The third-order valence-electron chi connectivity index (χ3n) is 3.18. The molecule has 0 aliphatic carbocycles. The zero-order chi connectivity index (χ0) is 16.8. The predicted molar refractivity (Wildman–Crippen MR) is 91.2 cm³/mol. The largest absolute Gasteiger partial charge is 0.258 e. The van der Waals surface area contributed by atoms with Crippen molar-refractivity contribution < 1.29 is 0 Å². The zero-order valence-corrected chi connectivity index (χ0v) is 13.0. The molecule has 0 aliphatic heterocycles. The Morgan fingerprint density at radius 3 is 2.22 bits per heavy atom. The molecule has 2 aromatic rings. The summed E-state index contributed by atoms with van der Waals surface area (Å²) in [7, 11) is 0. The summed E-state index contributed by atoms with van der Waals surface area (Å²) in [5.74, 6) is 2.08. The maximum absolute atomic E-state index is 9.35. The van der Waals surface area contributed by atoms with Crippen LogP contribution in [0.25, 0.3) is 5.57 Å². The Morgan fingerprint density at radius 2 is 1.70 bits per heavy atom. The maximum Gasteiger partial charge on any atom is 0.148 e. The number of rotatable bonds is 3. The van der Waals surface area contributed by atoms with E-state index in [1.165, 1.54) is 0 Å². The Morgan fingerprint density at radius 1 is 1.04 bits per heavy atom. The van der Waals surface area contributed by atoms with E-state index in [4.69, 9.17) is 22.3 Å². The summed E-state index contributed by atoms with van der Waals surface area (Å²) in [5.41, 5.74) is 3.16. The maximum atomic E-state index is 9.35. The van der Waals surface area contributed by atoms with Crippen LogP contribution in [0.3, 0.4) is 0 Å². The van der Waals surface area contributed by atoms with Gasteiger partial charge >= 0.3 is 0 Å². The van der Waals surface area contributed by atoms with Crippen molar-refractivity contribution in [2.45, 2.75) is 6.92 Å². The van der Waals surface area contributed by atoms with Gasteiger partial charge in [0.2, 0.25) is 0 Å². The van der Waals surface area contributed by atoms with E-state index in [9.17, 15) is 5.26 Å². The summed E-state index contributed by atoms with van der Waals surface area (Å²) in [6, 6.07) is 15.9. The molecule has 0 spiro atoms. The van der Waals surface area contributed by atoms with Crippen molar-refractivity contribution in [2.75, 3.05) is 0 Å². The summed E-state index contributed by atoms with van der Waals surface area (Å²) in [5, 5.41) is 25.9. The van der Waals surface area contributed by atoms with E-state index in [-0.39, 0.29) is 11.3 Å². The molecule has 23 heavy (non-hydrogen) atoms. The molecule has 1 N–H and O–H groups in total. The van der Waals surface area contributed by atoms with Crippen molar-refractivity contribution in [3.63, 3.8) is 0 Å². The molecular formula is C18H11ClN4. The minimum atomic E-state index is 0.139. The summed E-state index contributed by atoms with van der Waals surface area (Å²) >= 11 is 5.92. The van der Waals surface area contributed by atoms with E-state index in [2.05, 4.69) is 16.9 Å². The average molecular weight is 319 g/mol. The Balaban J connectivity index is 2.42. The lowest BCUT2D eigenvalue weighted by molar-refractivity contribution is 1.39. The molecule has 5 heteroatoms. The first-order valence-corrected chi connectivity index (χ1v) is 7.02. The SMILES string of the molecule is Cc1cc(Cl)ccc1N=C(C#N)c1ccc(C(=C=N)C#N)cc1. The molecule has 0 atom stereocenters. The monoisotopic (exact) mass is 318 g/mol. The minimum absolute atomic E-state index is 0.139. The van der Waals surface area contributed by atoms with Gasteiger partial charge in [-0.05, 0) is 36.6 Å². The second kappa shape index (κ2) is 7.20. The third kappa shape index (κ3) is 3.73. The summed E-state index contributed by atoms with van der Waals surface area (Å²) in [6.07, 6.45) is 0. The van der Waals surface area contributed by atoms with E-state index in [0.29, 0.717) is 21.8 Å². The van der Waals surface area contributed by atoms with Gasteiger partial charge in [-0.3, -0.25) is 5.41 Å². The van der Waals surface area contributed by atoms with Gasteiger partial charge in [0.25, 0.3) is 0 Å². The van der Waals surface area contributed by atoms with Gasteiger partial charge in [0.1, 0.15) is 23.4 Å². The van der Waals surface area contributed by atoms with Crippen molar-refractivity contribution in [1.29, 1.82) is 15.9 Å². The molecule has 0 saturated heterocycles. The fourth-order valence-electron chi connectivity index (χ4n) is 1.98. The molecule has 0 fully saturated rings. The van der Waals surface area contributed by atoms with Crippen molar-refractivity contribution in [2.24, 2.45) is 4.99 Å². The van der Waals surface area contributed by atoms with Crippen LogP contribution >= 0.6 is 11.6 Å². The van der Waals surface area contributed by atoms with E-state index in [1.807, 2.05) is 13.0 Å².